The number of nitriles is 1. The Hall–Kier alpha value is -2.55. The number of nitrogens with zero attached hydrogens (tertiary/aromatic N) is 3. The van der Waals surface area contributed by atoms with Crippen LogP contribution in [0.25, 0.3) is 10.9 Å². The average Bonchev–Trinajstić information content (AvgIpc) is 2.53. The quantitative estimate of drug-likeness (QED) is 0.760. The van der Waals surface area contributed by atoms with Crippen molar-refractivity contribution < 1.29 is 14.2 Å². The minimum atomic E-state index is 0.0706. The summed E-state index contributed by atoms with van der Waals surface area (Å²) in [6, 6.07) is 5.41. The number of ether oxygens (including phenoxy) is 3. The van der Waals surface area contributed by atoms with Gasteiger partial charge in [0.05, 0.1) is 31.7 Å². The van der Waals surface area contributed by atoms with E-state index in [-0.39, 0.29) is 5.82 Å². The molecule has 0 aliphatic rings. The van der Waals surface area contributed by atoms with Gasteiger partial charge in [-0.2, -0.15) is 10.2 Å². The first-order valence-corrected chi connectivity index (χ1v) is 6.70. The summed E-state index contributed by atoms with van der Waals surface area (Å²) >= 11 is 0. The van der Waals surface area contributed by atoms with E-state index in [2.05, 4.69) is 16.9 Å². The smallest absolute Gasteiger partial charge is 0.236 e. The van der Waals surface area contributed by atoms with Gasteiger partial charge in [-0.15, -0.1) is 0 Å². The second-order valence-electron chi connectivity index (χ2n) is 4.39. The van der Waals surface area contributed by atoms with Crippen LogP contribution < -0.4 is 14.2 Å². The highest BCUT2D eigenvalue weighted by molar-refractivity contribution is 5.87. The normalized spacial score (nSPS) is 10.2. The van der Waals surface area contributed by atoms with Crippen molar-refractivity contribution in [2.75, 3.05) is 20.8 Å². The highest BCUT2D eigenvalue weighted by Crippen LogP contribution is 2.34. The predicted molar refractivity (Wildman–Crippen MR) is 77.8 cm³/mol. The fraction of sp³-hybridized carbons (Fsp3) is 0.400. The van der Waals surface area contributed by atoms with Gasteiger partial charge in [-0.3, -0.25) is 0 Å². The van der Waals surface area contributed by atoms with Crippen molar-refractivity contribution in [3.63, 3.8) is 0 Å². The van der Waals surface area contributed by atoms with Crippen molar-refractivity contribution in [1.82, 2.24) is 9.97 Å². The summed E-state index contributed by atoms with van der Waals surface area (Å²) in [7, 11) is 3.11. The maximum Gasteiger partial charge on any atom is 0.236 e. The zero-order chi connectivity index (χ0) is 15.2. The van der Waals surface area contributed by atoms with E-state index in [1.165, 1.54) is 0 Å². The Morgan fingerprint density at radius 2 is 1.86 bits per heavy atom. The molecule has 0 fully saturated rings. The standard InChI is InChI=1S/C15H17N3O3/c1-4-5-6-21-15-10-7-12(19-2)13(20-3)8-11(10)17-14(9-16)18-15/h7-8H,4-6H2,1-3H3. The molecule has 0 saturated carbocycles. The summed E-state index contributed by atoms with van der Waals surface area (Å²) in [5.74, 6) is 1.58. The maximum atomic E-state index is 9.03. The van der Waals surface area contributed by atoms with Gasteiger partial charge in [0.25, 0.3) is 0 Å². The van der Waals surface area contributed by atoms with Crippen LogP contribution in [0.4, 0.5) is 0 Å². The number of aromatic nitrogens is 2. The van der Waals surface area contributed by atoms with Crippen LogP contribution in [0.15, 0.2) is 12.1 Å². The van der Waals surface area contributed by atoms with E-state index in [4.69, 9.17) is 19.5 Å². The summed E-state index contributed by atoms with van der Waals surface area (Å²) < 4.78 is 16.2. The number of benzene rings is 1. The van der Waals surface area contributed by atoms with Crippen LogP contribution >= 0.6 is 0 Å². The summed E-state index contributed by atoms with van der Waals surface area (Å²) in [4.78, 5) is 8.31. The van der Waals surface area contributed by atoms with E-state index < -0.39 is 0 Å². The van der Waals surface area contributed by atoms with Gasteiger partial charge in [0, 0.05) is 6.07 Å². The molecule has 1 aromatic heterocycles. The van der Waals surface area contributed by atoms with Gasteiger partial charge in [0.1, 0.15) is 6.07 Å². The van der Waals surface area contributed by atoms with E-state index in [1.807, 2.05) is 6.07 Å². The predicted octanol–water partition coefficient (Wildman–Crippen LogP) is 2.70. The molecule has 6 heteroatoms. The zero-order valence-electron chi connectivity index (χ0n) is 12.3. The van der Waals surface area contributed by atoms with Crippen LogP contribution in [0.5, 0.6) is 17.4 Å². The SMILES string of the molecule is CCCCOc1nc(C#N)nc2cc(OC)c(OC)cc12. The van der Waals surface area contributed by atoms with Gasteiger partial charge in [-0.05, 0) is 12.5 Å². The van der Waals surface area contributed by atoms with Crippen LogP contribution in [0.1, 0.15) is 25.6 Å². The molecule has 0 radical (unpaired) electrons. The number of fused-ring (bicyclic) bond motifs is 1. The van der Waals surface area contributed by atoms with Gasteiger partial charge in [-0.1, -0.05) is 13.3 Å². The Bertz CT molecular complexity index is 680. The van der Waals surface area contributed by atoms with Gasteiger partial charge in [-0.25, -0.2) is 4.98 Å². The lowest BCUT2D eigenvalue weighted by atomic mass is 10.2. The van der Waals surface area contributed by atoms with E-state index in [0.29, 0.717) is 34.9 Å². The Morgan fingerprint density at radius 1 is 1.14 bits per heavy atom. The molecule has 21 heavy (non-hydrogen) atoms. The molecule has 1 heterocycles. The molecule has 0 atom stereocenters. The van der Waals surface area contributed by atoms with Crippen molar-refractivity contribution in [2.24, 2.45) is 0 Å². The van der Waals surface area contributed by atoms with E-state index in [9.17, 15) is 0 Å². The van der Waals surface area contributed by atoms with Crippen molar-refractivity contribution in [3.8, 4) is 23.4 Å². The van der Waals surface area contributed by atoms with Crippen molar-refractivity contribution in [1.29, 1.82) is 5.26 Å². The highest BCUT2D eigenvalue weighted by atomic mass is 16.5. The van der Waals surface area contributed by atoms with Crippen LogP contribution in [0.3, 0.4) is 0 Å². The minimum Gasteiger partial charge on any atom is -0.493 e. The fourth-order valence-electron chi connectivity index (χ4n) is 1.90. The Kier molecular flexibility index (Phi) is 4.77. The fourth-order valence-corrected chi connectivity index (χ4v) is 1.90. The van der Waals surface area contributed by atoms with Gasteiger partial charge < -0.3 is 14.2 Å². The lowest BCUT2D eigenvalue weighted by Crippen LogP contribution is -2.03. The number of hydrogen-bond acceptors (Lipinski definition) is 6. The summed E-state index contributed by atoms with van der Waals surface area (Å²) in [5.41, 5.74) is 0.589. The average molecular weight is 287 g/mol. The molecule has 0 amide bonds. The molecule has 6 nitrogen and oxygen atoms in total. The second kappa shape index (κ2) is 6.75. The molecule has 2 aromatic rings. The van der Waals surface area contributed by atoms with E-state index in [0.717, 1.165) is 12.8 Å². The molecule has 1 aromatic carbocycles. The number of unbranched alkanes of at least 4 members (excludes halogenated alkanes) is 1. The molecular formula is C15H17N3O3. The third-order valence-electron chi connectivity index (χ3n) is 3.00. The van der Waals surface area contributed by atoms with Crippen LogP contribution in [0, 0.1) is 11.3 Å². The number of rotatable bonds is 6. The maximum absolute atomic E-state index is 9.03. The first-order chi connectivity index (χ1) is 10.2. The molecule has 0 aliphatic carbocycles. The first-order valence-electron chi connectivity index (χ1n) is 6.70. The largest absolute Gasteiger partial charge is 0.493 e. The summed E-state index contributed by atoms with van der Waals surface area (Å²) in [5, 5.41) is 9.73. The summed E-state index contributed by atoms with van der Waals surface area (Å²) in [6.45, 7) is 2.62. The molecule has 0 spiro atoms. The molecular weight excluding hydrogens is 270 g/mol. The van der Waals surface area contributed by atoms with Gasteiger partial charge in [0.2, 0.25) is 11.7 Å². The second-order valence-corrected chi connectivity index (χ2v) is 4.39. The Morgan fingerprint density at radius 3 is 2.48 bits per heavy atom. The number of hydrogen-bond donors (Lipinski definition) is 0. The number of methoxy groups -OCH3 is 2. The van der Waals surface area contributed by atoms with Crippen LogP contribution in [-0.2, 0) is 0 Å². The first kappa shape index (κ1) is 14.9. The van der Waals surface area contributed by atoms with Crippen LogP contribution in [0.2, 0.25) is 0 Å². The lowest BCUT2D eigenvalue weighted by molar-refractivity contribution is 0.300. The van der Waals surface area contributed by atoms with Gasteiger partial charge in [0.15, 0.2) is 11.5 Å². The molecule has 2 rings (SSSR count). The molecule has 0 saturated heterocycles. The zero-order valence-corrected chi connectivity index (χ0v) is 12.3. The van der Waals surface area contributed by atoms with Crippen molar-refractivity contribution >= 4 is 10.9 Å². The molecule has 0 N–H and O–H groups in total. The van der Waals surface area contributed by atoms with E-state index in [1.54, 1.807) is 26.4 Å². The monoisotopic (exact) mass is 287 g/mol. The third-order valence-corrected chi connectivity index (χ3v) is 3.00. The van der Waals surface area contributed by atoms with Crippen LogP contribution in [-0.4, -0.2) is 30.8 Å². The molecule has 110 valence electrons. The lowest BCUT2D eigenvalue weighted by Gasteiger charge is -2.12. The molecule has 0 bridgehead atoms. The van der Waals surface area contributed by atoms with Crippen molar-refractivity contribution in [2.45, 2.75) is 19.8 Å². The van der Waals surface area contributed by atoms with E-state index >= 15 is 0 Å². The Labute approximate surface area is 123 Å². The van der Waals surface area contributed by atoms with Gasteiger partial charge >= 0.3 is 0 Å². The third kappa shape index (κ3) is 3.14. The van der Waals surface area contributed by atoms with Crippen molar-refractivity contribution in [3.05, 3.63) is 18.0 Å². The topological polar surface area (TPSA) is 77.3 Å². The summed E-state index contributed by atoms with van der Waals surface area (Å²) in [6.07, 6.45) is 1.94. The molecule has 0 aliphatic heterocycles. The minimum absolute atomic E-state index is 0.0706. The highest BCUT2D eigenvalue weighted by Gasteiger charge is 2.14. The Balaban J connectivity index is 2.56. The molecule has 0 unspecified atom stereocenters.